The minimum absolute atomic E-state index is 0.0646. The Kier molecular flexibility index (Phi) is 3.78. The monoisotopic (exact) mass is 228 g/mol. The van der Waals surface area contributed by atoms with E-state index in [1.54, 1.807) is 7.11 Å². The Morgan fingerprint density at radius 2 is 2.31 bits per heavy atom. The fourth-order valence-corrected chi connectivity index (χ4v) is 2.39. The van der Waals surface area contributed by atoms with Crippen LogP contribution in [0.25, 0.3) is 0 Å². The molecule has 0 radical (unpaired) electrons. The summed E-state index contributed by atoms with van der Waals surface area (Å²) in [6.45, 7) is 1.98. The van der Waals surface area contributed by atoms with Gasteiger partial charge in [-0.15, -0.1) is 0 Å². The van der Waals surface area contributed by atoms with Crippen LogP contribution in [-0.4, -0.2) is 55.9 Å². The van der Waals surface area contributed by atoms with E-state index in [0.29, 0.717) is 13.1 Å². The molecule has 5 nitrogen and oxygen atoms in total. The van der Waals surface area contributed by atoms with Gasteiger partial charge in [-0.2, -0.15) is 0 Å². The summed E-state index contributed by atoms with van der Waals surface area (Å²) in [5, 5.41) is 0. The van der Waals surface area contributed by atoms with Crippen molar-refractivity contribution in [2.24, 2.45) is 5.73 Å². The Morgan fingerprint density at radius 1 is 1.50 bits per heavy atom. The quantitative estimate of drug-likeness (QED) is 0.723. The van der Waals surface area contributed by atoms with Gasteiger partial charge in [0.1, 0.15) is 6.10 Å². The van der Waals surface area contributed by atoms with Crippen LogP contribution >= 0.6 is 0 Å². The van der Waals surface area contributed by atoms with Gasteiger partial charge in [-0.1, -0.05) is 0 Å². The third-order valence-electron chi connectivity index (χ3n) is 3.44. The van der Waals surface area contributed by atoms with Crippen molar-refractivity contribution in [3.05, 3.63) is 0 Å². The second-order valence-electron chi connectivity index (χ2n) is 4.49. The minimum atomic E-state index is -0.274. The number of rotatable bonds is 3. The molecule has 3 atom stereocenters. The normalized spacial score (nSPS) is 34.6. The van der Waals surface area contributed by atoms with Crippen LogP contribution in [0.15, 0.2) is 0 Å². The van der Waals surface area contributed by atoms with E-state index in [-0.39, 0.29) is 24.2 Å². The lowest BCUT2D eigenvalue weighted by atomic mass is 10.2. The molecule has 2 heterocycles. The second-order valence-corrected chi connectivity index (χ2v) is 4.49. The smallest absolute Gasteiger partial charge is 0.251 e. The highest BCUT2D eigenvalue weighted by Crippen LogP contribution is 2.23. The molecule has 1 amide bonds. The van der Waals surface area contributed by atoms with E-state index in [4.69, 9.17) is 15.2 Å². The Bertz CT molecular complexity index is 236. The van der Waals surface area contributed by atoms with E-state index in [1.165, 1.54) is 0 Å². The van der Waals surface area contributed by atoms with Crippen LogP contribution in [0.1, 0.15) is 19.3 Å². The molecule has 2 saturated heterocycles. The molecule has 0 saturated carbocycles. The molecule has 2 aliphatic rings. The van der Waals surface area contributed by atoms with Gasteiger partial charge in [-0.3, -0.25) is 4.79 Å². The zero-order valence-corrected chi connectivity index (χ0v) is 9.72. The number of methoxy groups -OCH3 is 1. The maximum atomic E-state index is 12.1. The van der Waals surface area contributed by atoms with Crippen molar-refractivity contribution >= 4 is 5.91 Å². The maximum absolute atomic E-state index is 12.1. The molecule has 0 spiro atoms. The zero-order valence-electron chi connectivity index (χ0n) is 9.72. The molecule has 2 fully saturated rings. The fourth-order valence-electron chi connectivity index (χ4n) is 2.39. The standard InChI is InChI=1S/C11H20N2O3/c1-15-9-4-5-13(7-9)11(14)10-3-2-8(6-12)16-10/h8-10H,2-7,12H2,1H3. The van der Waals surface area contributed by atoms with E-state index >= 15 is 0 Å². The molecule has 92 valence electrons. The van der Waals surface area contributed by atoms with Gasteiger partial charge in [0.05, 0.1) is 12.2 Å². The molecule has 2 rings (SSSR count). The second kappa shape index (κ2) is 5.12. The Labute approximate surface area is 95.9 Å². The SMILES string of the molecule is COC1CCN(C(=O)C2CCC(CN)O2)C1. The van der Waals surface area contributed by atoms with Gasteiger partial charge in [0.25, 0.3) is 5.91 Å². The molecule has 0 aliphatic carbocycles. The van der Waals surface area contributed by atoms with E-state index in [9.17, 15) is 4.79 Å². The molecule has 0 aromatic heterocycles. The molecular formula is C11H20N2O3. The van der Waals surface area contributed by atoms with Crippen molar-refractivity contribution in [1.29, 1.82) is 0 Å². The van der Waals surface area contributed by atoms with Crippen LogP contribution in [0.4, 0.5) is 0 Å². The first-order chi connectivity index (χ1) is 7.74. The van der Waals surface area contributed by atoms with Crippen LogP contribution in [0.3, 0.4) is 0 Å². The van der Waals surface area contributed by atoms with Gasteiger partial charge < -0.3 is 20.1 Å². The highest BCUT2D eigenvalue weighted by atomic mass is 16.5. The summed E-state index contributed by atoms with van der Waals surface area (Å²) < 4.78 is 10.8. The highest BCUT2D eigenvalue weighted by Gasteiger charge is 2.35. The molecule has 0 aromatic rings. The lowest BCUT2D eigenvalue weighted by molar-refractivity contribution is -0.142. The van der Waals surface area contributed by atoms with Gasteiger partial charge >= 0.3 is 0 Å². The number of nitrogens with zero attached hydrogens (tertiary/aromatic N) is 1. The first-order valence-corrected chi connectivity index (χ1v) is 5.91. The summed E-state index contributed by atoms with van der Waals surface area (Å²) in [6, 6.07) is 0. The predicted molar refractivity (Wildman–Crippen MR) is 58.9 cm³/mol. The molecule has 0 aromatic carbocycles. The molecule has 16 heavy (non-hydrogen) atoms. The van der Waals surface area contributed by atoms with Gasteiger partial charge in [0.15, 0.2) is 0 Å². The Morgan fingerprint density at radius 3 is 2.88 bits per heavy atom. The maximum Gasteiger partial charge on any atom is 0.251 e. The third-order valence-corrected chi connectivity index (χ3v) is 3.44. The van der Waals surface area contributed by atoms with E-state index in [0.717, 1.165) is 25.8 Å². The van der Waals surface area contributed by atoms with Crippen molar-refractivity contribution in [3.8, 4) is 0 Å². The summed E-state index contributed by atoms with van der Waals surface area (Å²) in [5.41, 5.74) is 5.52. The van der Waals surface area contributed by atoms with Crippen molar-refractivity contribution in [3.63, 3.8) is 0 Å². The summed E-state index contributed by atoms with van der Waals surface area (Å²) >= 11 is 0. The number of hydrogen-bond donors (Lipinski definition) is 1. The average Bonchev–Trinajstić information content (AvgIpc) is 2.97. The first-order valence-electron chi connectivity index (χ1n) is 5.91. The van der Waals surface area contributed by atoms with Gasteiger partial charge in [-0.25, -0.2) is 0 Å². The van der Waals surface area contributed by atoms with Crippen LogP contribution in [0.2, 0.25) is 0 Å². The number of likely N-dealkylation sites (tertiary alicyclic amines) is 1. The molecule has 5 heteroatoms. The number of amides is 1. The minimum Gasteiger partial charge on any atom is -0.380 e. The lowest BCUT2D eigenvalue weighted by Crippen LogP contribution is -2.38. The van der Waals surface area contributed by atoms with E-state index in [1.807, 2.05) is 4.90 Å². The molecule has 3 unspecified atom stereocenters. The number of carbonyl (C=O) groups excluding carboxylic acids is 1. The molecular weight excluding hydrogens is 208 g/mol. The van der Waals surface area contributed by atoms with Crippen LogP contribution in [-0.2, 0) is 14.3 Å². The number of hydrogen-bond acceptors (Lipinski definition) is 4. The van der Waals surface area contributed by atoms with Crippen LogP contribution < -0.4 is 5.73 Å². The van der Waals surface area contributed by atoms with Gasteiger partial charge in [-0.05, 0) is 19.3 Å². The van der Waals surface area contributed by atoms with Crippen LogP contribution in [0, 0.1) is 0 Å². The lowest BCUT2D eigenvalue weighted by Gasteiger charge is -2.20. The zero-order chi connectivity index (χ0) is 11.5. The van der Waals surface area contributed by atoms with Crippen molar-refractivity contribution in [1.82, 2.24) is 4.90 Å². The van der Waals surface area contributed by atoms with Crippen LogP contribution in [0.5, 0.6) is 0 Å². The largest absolute Gasteiger partial charge is 0.380 e. The Balaban J connectivity index is 1.84. The highest BCUT2D eigenvalue weighted by molar-refractivity contribution is 5.81. The van der Waals surface area contributed by atoms with Crippen molar-refractivity contribution < 1.29 is 14.3 Å². The predicted octanol–water partition coefficient (Wildman–Crippen LogP) is -0.260. The van der Waals surface area contributed by atoms with Crippen molar-refractivity contribution in [2.75, 3.05) is 26.7 Å². The summed E-state index contributed by atoms with van der Waals surface area (Å²) in [7, 11) is 1.69. The molecule has 0 bridgehead atoms. The molecule has 2 aliphatic heterocycles. The fraction of sp³-hybridized carbons (Fsp3) is 0.909. The van der Waals surface area contributed by atoms with Gasteiger partial charge in [0, 0.05) is 26.7 Å². The molecule has 2 N–H and O–H groups in total. The summed E-state index contributed by atoms with van der Waals surface area (Å²) in [4.78, 5) is 13.9. The van der Waals surface area contributed by atoms with Crippen molar-refractivity contribution in [2.45, 2.75) is 37.6 Å². The average molecular weight is 228 g/mol. The number of nitrogens with two attached hydrogens (primary N) is 1. The first kappa shape index (κ1) is 11.8. The number of carbonyl (C=O) groups is 1. The third kappa shape index (κ3) is 2.36. The van der Waals surface area contributed by atoms with E-state index < -0.39 is 0 Å². The number of ether oxygens (including phenoxy) is 2. The van der Waals surface area contributed by atoms with E-state index in [2.05, 4.69) is 0 Å². The Hall–Kier alpha value is -0.650. The summed E-state index contributed by atoms with van der Waals surface area (Å²) in [5.74, 6) is 0.107. The summed E-state index contributed by atoms with van der Waals surface area (Å²) in [6.07, 6.45) is 2.60. The van der Waals surface area contributed by atoms with Gasteiger partial charge in [0.2, 0.25) is 0 Å². The topological polar surface area (TPSA) is 64.8 Å².